The van der Waals surface area contributed by atoms with Crippen LogP contribution in [0.15, 0.2) is 11.0 Å². The molecule has 1 aromatic heterocycles. The van der Waals surface area contributed by atoms with Gasteiger partial charge in [-0.3, -0.25) is 4.57 Å². The Labute approximate surface area is 96.8 Å². The van der Waals surface area contributed by atoms with E-state index in [-0.39, 0.29) is 11.1 Å². The second-order valence-electron chi connectivity index (χ2n) is 3.63. The van der Waals surface area contributed by atoms with Crippen molar-refractivity contribution in [3.63, 3.8) is 0 Å². The normalized spacial score (nSPS) is 24.9. The number of hydrogen-bond donors (Lipinski definition) is 0. The molecule has 1 aliphatic rings. The number of ether oxygens (including phenoxy) is 1. The first kappa shape index (κ1) is 11.6. The van der Waals surface area contributed by atoms with Crippen LogP contribution in [0.2, 0.25) is 0 Å². The summed E-state index contributed by atoms with van der Waals surface area (Å²) in [6.45, 7) is 3.48. The van der Waals surface area contributed by atoms with Crippen LogP contribution in [0, 0.1) is 12.7 Å². The highest BCUT2D eigenvalue weighted by molar-refractivity contribution is 7.99. The van der Waals surface area contributed by atoms with Crippen molar-refractivity contribution in [1.29, 1.82) is 0 Å². The van der Waals surface area contributed by atoms with E-state index in [0.29, 0.717) is 5.75 Å². The lowest BCUT2D eigenvalue weighted by Crippen LogP contribution is -2.29. The van der Waals surface area contributed by atoms with Gasteiger partial charge in [0.1, 0.15) is 11.7 Å². The van der Waals surface area contributed by atoms with E-state index in [1.54, 1.807) is 11.8 Å². The fourth-order valence-electron chi connectivity index (χ4n) is 1.54. The molecule has 2 rings (SSSR count). The third-order valence-electron chi connectivity index (χ3n) is 2.46. The van der Waals surface area contributed by atoms with Crippen LogP contribution < -0.4 is 5.69 Å². The van der Waals surface area contributed by atoms with Gasteiger partial charge in [0.15, 0.2) is 5.82 Å². The molecule has 2 heterocycles. The zero-order valence-corrected chi connectivity index (χ0v) is 9.96. The maximum absolute atomic E-state index is 13.3. The summed E-state index contributed by atoms with van der Waals surface area (Å²) >= 11 is 1.63. The van der Waals surface area contributed by atoms with Crippen molar-refractivity contribution in [2.45, 2.75) is 31.9 Å². The molecule has 1 saturated heterocycles. The largest absolute Gasteiger partial charge is 0.350 e. The van der Waals surface area contributed by atoms with Crippen LogP contribution in [0.5, 0.6) is 0 Å². The number of aromatic nitrogens is 2. The molecular formula is C10H13FN2O2S. The highest BCUT2D eigenvalue weighted by Gasteiger charge is 2.27. The molecule has 88 valence electrons. The zero-order chi connectivity index (χ0) is 11.7. The molecule has 2 atom stereocenters. The van der Waals surface area contributed by atoms with E-state index in [1.165, 1.54) is 17.7 Å². The number of rotatable bonds is 2. The summed E-state index contributed by atoms with van der Waals surface area (Å²) in [5.41, 5.74) is -0.249. The highest BCUT2D eigenvalue weighted by Crippen LogP contribution is 2.32. The number of halogens is 1. The van der Waals surface area contributed by atoms with Gasteiger partial charge in [-0.2, -0.15) is 4.98 Å². The Kier molecular flexibility index (Phi) is 3.30. The average Bonchev–Trinajstić information content (AvgIpc) is 2.71. The van der Waals surface area contributed by atoms with Crippen LogP contribution in [0.25, 0.3) is 0 Å². The SMILES string of the molecule is CC[C@@H]1O[C@H](n2cc(F)c(C)nc2=O)CS1. The molecule has 0 N–H and O–H groups in total. The molecule has 1 fully saturated rings. The van der Waals surface area contributed by atoms with Gasteiger partial charge >= 0.3 is 5.69 Å². The maximum atomic E-state index is 13.3. The minimum atomic E-state index is -0.479. The van der Waals surface area contributed by atoms with E-state index in [4.69, 9.17) is 4.74 Å². The molecule has 0 amide bonds. The predicted octanol–water partition coefficient (Wildman–Crippen LogP) is 1.69. The van der Waals surface area contributed by atoms with E-state index in [1.807, 2.05) is 6.92 Å². The molecule has 0 radical (unpaired) electrons. The second-order valence-corrected chi connectivity index (χ2v) is 4.82. The first-order valence-electron chi connectivity index (χ1n) is 5.14. The molecule has 16 heavy (non-hydrogen) atoms. The van der Waals surface area contributed by atoms with Crippen LogP contribution in [0.1, 0.15) is 25.3 Å². The fraction of sp³-hybridized carbons (Fsp3) is 0.600. The lowest BCUT2D eigenvalue weighted by molar-refractivity contribution is 0.0140. The molecule has 1 aromatic rings. The number of hydrogen-bond acceptors (Lipinski definition) is 4. The summed E-state index contributed by atoms with van der Waals surface area (Å²) in [4.78, 5) is 15.2. The lowest BCUT2D eigenvalue weighted by atomic mass is 10.4. The topological polar surface area (TPSA) is 44.1 Å². The standard InChI is InChI=1S/C10H13FN2O2S/c1-3-9-15-8(5-16-9)13-4-7(11)6(2)12-10(13)14/h4,8-9H,3,5H2,1-2H3/t8-,9+/m0/s1. The van der Waals surface area contributed by atoms with Crippen molar-refractivity contribution >= 4 is 11.8 Å². The van der Waals surface area contributed by atoms with Gasteiger partial charge in [0.2, 0.25) is 0 Å². The quantitative estimate of drug-likeness (QED) is 0.794. The molecule has 0 spiro atoms. The van der Waals surface area contributed by atoms with Crippen molar-refractivity contribution in [2.24, 2.45) is 0 Å². The number of thioether (sulfide) groups is 1. The molecular weight excluding hydrogens is 231 g/mol. The third kappa shape index (κ3) is 2.12. The van der Waals surface area contributed by atoms with Crippen LogP contribution in [-0.4, -0.2) is 20.7 Å². The molecule has 0 aliphatic carbocycles. The summed E-state index contributed by atoms with van der Waals surface area (Å²) in [5.74, 6) is 0.177. The predicted molar refractivity (Wildman–Crippen MR) is 59.9 cm³/mol. The summed E-state index contributed by atoms with van der Waals surface area (Å²) in [6.07, 6.45) is 1.65. The molecule has 0 saturated carbocycles. The summed E-state index contributed by atoms with van der Waals surface area (Å²) in [7, 11) is 0. The van der Waals surface area contributed by atoms with Crippen molar-refractivity contribution in [3.05, 3.63) is 28.2 Å². The molecule has 4 nitrogen and oxygen atoms in total. The van der Waals surface area contributed by atoms with Gasteiger partial charge in [-0.05, 0) is 13.3 Å². The second kappa shape index (κ2) is 4.55. The van der Waals surface area contributed by atoms with Crippen LogP contribution in [0.3, 0.4) is 0 Å². The van der Waals surface area contributed by atoms with E-state index in [2.05, 4.69) is 4.98 Å². The molecule has 6 heteroatoms. The van der Waals surface area contributed by atoms with Crippen molar-refractivity contribution < 1.29 is 9.13 Å². The van der Waals surface area contributed by atoms with Gasteiger partial charge in [-0.15, -0.1) is 11.8 Å². The number of aryl methyl sites for hydroxylation is 1. The Morgan fingerprint density at radius 3 is 3.12 bits per heavy atom. The Hall–Kier alpha value is -0.880. The highest BCUT2D eigenvalue weighted by atomic mass is 32.2. The molecule has 0 bridgehead atoms. The summed E-state index contributed by atoms with van der Waals surface area (Å²) in [6, 6.07) is 0. The smallest absolute Gasteiger partial charge is 0.343 e. The Morgan fingerprint density at radius 2 is 2.50 bits per heavy atom. The van der Waals surface area contributed by atoms with E-state index >= 15 is 0 Å². The first-order chi connectivity index (χ1) is 7.61. The molecule has 0 unspecified atom stereocenters. The van der Waals surface area contributed by atoms with Crippen LogP contribution >= 0.6 is 11.8 Å². The lowest BCUT2D eigenvalue weighted by Gasteiger charge is -2.13. The monoisotopic (exact) mass is 244 g/mol. The summed E-state index contributed by atoms with van der Waals surface area (Å²) < 4.78 is 20.1. The van der Waals surface area contributed by atoms with Crippen LogP contribution in [0.4, 0.5) is 4.39 Å². The minimum Gasteiger partial charge on any atom is -0.343 e. The number of nitrogens with zero attached hydrogens (tertiary/aromatic N) is 2. The van der Waals surface area contributed by atoms with Gasteiger partial charge in [-0.25, -0.2) is 9.18 Å². The first-order valence-corrected chi connectivity index (χ1v) is 6.19. The van der Waals surface area contributed by atoms with Gasteiger partial charge < -0.3 is 4.74 Å². The minimum absolute atomic E-state index is 0.0845. The van der Waals surface area contributed by atoms with Crippen molar-refractivity contribution in [2.75, 3.05) is 5.75 Å². The Morgan fingerprint density at radius 1 is 1.75 bits per heavy atom. The van der Waals surface area contributed by atoms with Crippen molar-refractivity contribution in [3.8, 4) is 0 Å². The Balaban J connectivity index is 2.28. The van der Waals surface area contributed by atoms with Gasteiger partial charge in [0.25, 0.3) is 0 Å². The zero-order valence-electron chi connectivity index (χ0n) is 9.14. The maximum Gasteiger partial charge on any atom is 0.350 e. The molecule has 0 aromatic carbocycles. The Bertz CT molecular complexity index is 449. The van der Waals surface area contributed by atoms with Gasteiger partial charge in [-0.1, -0.05) is 6.92 Å². The third-order valence-corrected chi connectivity index (χ3v) is 3.75. The van der Waals surface area contributed by atoms with Gasteiger partial charge in [0, 0.05) is 11.9 Å². The fourth-order valence-corrected chi connectivity index (χ4v) is 2.60. The van der Waals surface area contributed by atoms with E-state index in [9.17, 15) is 9.18 Å². The van der Waals surface area contributed by atoms with E-state index < -0.39 is 17.7 Å². The van der Waals surface area contributed by atoms with Gasteiger partial charge in [0.05, 0.1) is 5.69 Å². The van der Waals surface area contributed by atoms with Crippen molar-refractivity contribution in [1.82, 2.24) is 9.55 Å². The van der Waals surface area contributed by atoms with Crippen LogP contribution in [-0.2, 0) is 4.74 Å². The summed E-state index contributed by atoms with van der Waals surface area (Å²) in [5, 5.41) is 0. The van der Waals surface area contributed by atoms with E-state index in [0.717, 1.165) is 6.42 Å². The average molecular weight is 244 g/mol. The molecule has 1 aliphatic heterocycles.